The van der Waals surface area contributed by atoms with Crippen LogP contribution in [0.3, 0.4) is 0 Å². The molecule has 0 spiro atoms. The summed E-state index contributed by atoms with van der Waals surface area (Å²) < 4.78 is 1.84. The molecule has 1 aliphatic rings. The molecule has 4 nitrogen and oxygen atoms in total. The number of carbonyl (C=O) groups is 1. The van der Waals surface area contributed by atoms with Crippen LogP contribution in [-0.4, -0.2) is 22.1 Å². The molecule has 1 aromatic heterocycles. The van der Waals surface area contributed by atoms with Gasteiger partial charge in [0, 0.05) is 25.6 Å². The van der Waals surface area contributed by atoms with Gasteiger partial charge in [0.15, 0.2) is 0 Å². The van der Waals surface area contributed by atoms with Crippen LogP contribution in [0.25, 0.3) is 0 Å². The maximum absolute atomic E-state index is 12.4. The van der Waals surface area contributed by atoms with Gasteiger partial charge in [-0.05, 0) is 37.3 Å². The fourth-order valence-corrected chi connectivity index (χ4v) is 3.35. The van der Waals surface area contributed by atoms with Gasteiger partial charge in [0.25, 0.3) is 0 Å². The minimum Gasteiger partial charge on any atom is -0.330 e. The number of rotatable bonds is 6. The predicted molar refractivity (Wildman–Crippen MR) is 80.5 cm³/mol. The maximum atomic E-state index is 12.4. The third-order valence-electron chi connectivity index (χ3n) is 4.69. The molecule has 0 atom stereocenters. The number of carbonyl (C=O) groups excluding carboxylic acids is 1. The smallest absolute Gasteiger partial charge is 0.139 e. The van der Waals surface area contributed by atoms with E-state index in [1.54, 1.807) is 0 Å². The first-order valence-corrected chi connectivity index (χ1v) is 7.82. The van der Waals surface area contributed by atoms with Crippen LogP contribution in [0.5, 0.6) is 0 Å². The first kappa shape index (κ1) is 15.2. The van der Waals surface area contributed by atoms with Crippen molar-refractivity contribution >= 4 is 5.78 Å². The molecule has 4 heteroatoms. The van der Waals surface area contributed by atoms with E-state index in [0.29, 0.717) is 25.2 Å². The lowest BCUT2D eigenvalue weighted by atomic mass is 9.70. The fourth-order valence-electron chi connectivity index (χ4n) is 3.35. The summed E-state index contributed by atoms with van der Waals surface area (Å²) in [4.78, 5) is 12.4. The average Bonchev–Trinajstić information content (AvgIpc) is 2.80. The molecule has 0 aromatic carbocycles. The van der Waals surface area contributed by atoms with Gasteiger partial charge in [-0.3, -0.25) is 9.48 Å². The standard InChI is InChI=1S/C16H27N3O/c1-3-13-9-14(19(2)18-13)10-15(20)11-16(12-17)7-5-4-6-8-16/h9H,3-8,10-12,17H2,1-2H3. The minimum absolute atomic E-state index is 0.0709. The molecule has 1 aliphatic carbocycles. The van der Waals surface area contributed by atoms with Crippen molar-refractivity contribution < 1.29 is 4.79 Å². The number of hydrogen-bond donors (Lipinski definition) is 1. The SMILES string of the molecule is CCc1cc(CC(=O)CC2(CN)CCCCC2)n(C)n1. The van der Waals surface area contributed by atoms with Crippen LogP contribution in [-0.2, 0) is 24.7 Å². The van der Waals surface area contributed by atoms with Crippen LogP contribution in [0.15, 0.2) is 6.07 Å². The Labute approximate surface area is 121 Å². The summed E-state index contributed by atoms with van der Waals surface area (Å²) in [5.74, 6) is 0.308. The topological polar surface area (TPSA) is 60.9 Å². The first-order chi connectivity index (χ1) is 9.58. The van der Waals surface area contributed by atoms with E-state index in [0.717, 1.165) is 30.7 Å². The molecule has 2 N–H and O–H groups in total. The fraction of sp³-hybridized carbons (Fsp3) is 0.750. The van der Waals surface area contributed by atoms with Crippen molar-refractivity contribution in [2.24, 2.45) is 18.2 Å². The zero-order valence-electron chi connectivity index (χ0n) is 12.8. The average molecular weight is 277 g/mol. The summed E-state index contributed by atoms with van der Waals surface area (Å²) in [7, 11) is 1.92. The molecule has 0 saturated heterocycles. The monoisotopic (exact) mass is 277 g/mol. The van der Waals surface area contributed by atoms with E-state index < -0.39 is 0 Å². The largest absolute Gasteiger partial charge is 0.330 e. The molecule has 0 unspecified atom stereocenters. The van der Waals surface area contributed by atoms with Crippen molar-refractivity contribution in [2.75, 3.05) is 6.54 Å². The number of hydrogen-bond acceptors (Lipinski definition) is 3. The van der Waals surface area contributed by atoms with E-state index in [1.807, 2.05) is 17.8 Å². The highest BCUT2D eigenvalue weighted by molar-refractivity contribution is 5.81. The third kappa shape index (κ3) is 3.48. The summed E-state index contributed by atoms with van der Waals surface area (Å²) in [6.07, 6.45) is 7.99. The molecule has 0 amide bonds. The summed E-state index contributed by atoms with van der Waals surface area (Å²) in [5.41, 5.74) is 8.12. The highest BCUT2D eigenvalue weighted by Crippen LogP contribution is 2.38. The van der Waals surface area contributed by atoms with E-state index in [-0.39, 0.29) is 5.41 Å². The van der Waals surface area contributed by atoms with Gasteiger partial charge in [-0.1, -0.05) is 26.2 Å². The molecule has 0 bridgehead atoms. The molecule has 1 aromatic rings. The van der Waals surface area contributed by atoms with Crippen molar-refractivity contribution in [3.8, 4) is 0 Å². The molecular formula is C16H27N3O. The van der Waals surface area contributed by atoms with Crippen molar-refractivity contribution in [3.63, 3.8) is 0 Å². The second-order valence-corrected chi connectivity index (χ2v) is 6.26. The third-order valence-corrected chi connectivity index (χ3v) is 4.69. The molecule has 0 radical (unpaired) electrons. The van der Waals surface area contributed by atoms with Crippen LogP contribution in [0.4, 0.5) is 0 Å². The van der Waals surface area contributed by atoms with Gasteiger partial charge in [-0.2, -0.15) is 5.10 Å². The predicted octanol–water partition coefficient (Wildman–Crippen LogP) is 2.39. The van der Waals surface area contributed by atoms with Crippen molar-refractivity contribution in [1.29, 1.82) is 0 Å². The van der Waals surface area contributed by atoms with Crippen LogP contribution in [0.2, 0.25) is 0 Å². The second-order valence-electron chi connectivity index (χ2n) is 6.26. The summed E-state index contributed by atoms with van der Waals surface area (Å²) in [5, 5.41) is 4.41. The normalized spacial score (nSPS) is 18.1. The highest BCUT2D eigenvalue weighted by Gasteiger charge is 2.32. The van der Waals surface area contributed by atoms with Crippen LogP contribution in [0.1, 0.15) is 56.8 Å². The van der Waals surface area contributed by atoms with Crippen molar-refractivity contribution in [3.05, 3.63) is 17.5 Å². The Morgan fingerprint density at radius 1 is 1.40 bits per heavy atom. The number of Topliss-reactive ketones (excluding diaryl/α,β-unsaturated/α-hetero) is 1. The Kier molecular flexibility index (Phi) is 4.97. The van der Waals surface area contributed by atoms with Gasteiger partial charge in [-0.15, -0.1) is 0 Å². The minimum atomic E-state index is 0.0709. The molecular weight excluding hydrogens is 250 g/mol. The van der Waals surface area contributed by atoms with E-state index in [2.05, 4.69) is 12.0 Å². The second kappa shape index (κ2) is 6.53. The van der Waals surface area contributed by atoms with Crippen LogP contribution in [0, 0.1) is 5.41 Å². The van der Waals surface area contributed by atoms with Crippen LogP contribution < -0.4 is 5.73 Å². The van der Waals surface area contributed by atoms with Gasteiger partial charge < -0.3 is 5.73 Å². The lowest BCUT2D eigenvalue weighted by molar-refractivity contribution is -0.121. The number of ketones is 1. The van der Waals surface area contributed by atoms with E-state index >= 15 is 0 Å². The Bertz CT molecular complexity index is 458. The Balaban J connectivity index is 1.98. The Morgan fingerprint density at radius 2 is 2.10 bits per heavy atom. The lowest BCUT2D eigenvalue weighted by Gasteiger charge is -2.35. The quantitative estimate of drug-likeness (QED) is 0.868. The molecule has 112 valence electrons. The zero-order chi connectivity index (χ0) is 14.6. The molecule has 2 rings (SSSR count). The van der Waals surface area contributed by atoms with Gasteiger partial charge in [0.1, 0.15) is 5.78 Å². The first-order valence-electron chi connectivity index (χ1n) is 7.82. The van der Waals surface area contributed by atoms with Crippen LogP contribution >= 0.6 is 0 Å². The highest BCUT2D eigenvalue weighted by atomic mass is 16.1. The maximum Gasteiger partial charge on any atom is 0.139 e. The summed E-state index contributed by atoms with van der Waals surface area (Å²) in [6, 6.07) is 2.05. The van der Waals surface area contributed by atoms with E-state index in [4.69, 9.17) is 5.73 Å². The number of nitrogens with zero attached hydrogens (tertiary/aromatic N) is 2. The molecule has 0 aliphatic heterocycles. The van der Waals surface area contributed by atoms with Crippen molar-refractivity contribution in [1.82, 2.24) is 9.78 Å². The van der Waals surface area contributed by atoms with Gasteiger partial charge in [-0.25, -0.2) is 0 Å². The molecule has 1 fully saturated rings. The van der Waals surface area contributed by atoms with Crippen molar-refractivity contribution in [2.45, 2.75) is 58.3 Å². The number of aryl methyl sites for hydroxylation is 2. The van der Waals surface area contributed by atoms with E-state index in [9.17, 15) is 4.79 Å². The molecule has 1 heterocycles. The summed E-state index contributed by atoms with van der Waals surface area (Å²) >= 11 is 0. The van der Waals surface area contributed by atoms with Gasteiger partial charge in [0.05, 0.1) is 5.69 Å². The Hall–Kier alpha value is -1.16. The Morgan fingerprint density at radius 3 is 2.65 bits per heavy atom. The molecule has 1 saturated carbocycles. The number of nitrogens with two attached hydrogens (primary N) is 1. The van der Waals surface area contributed by atoms with Gasteiger partial charge in [0.2, 0.25) is 0 Å². The molecule has 20 heavy (non-hydrogen) atoms. The van der Waals surface area contributed by atoms with Gasteiger partial charge >= 0.3 is 0 Å². The number of aromatic nitrogens is 2. The zero-order valence-corrected chi connectivity index (χ0v) is 12.8. The summed E-state index contributed by atoms with van der Waals surface area (Å²) in [6.45, 7) is 2.73. The van der Waals surface area contributed by atoms with E-state index in [1.165, 1.54) is 19.3 Å². The lowest BCUT2D eigenvalue weighted by Crippen LogP contribution is -2.35.